The van der Waals surface area contributed by atoms with E-state index in [2.05, 4.69) is 20.2 Å². The lowest BCUT2D eigenvalue weighted by atomic mass is 10.0. The SMILES string of the molecule is COC(=O)[C@@H]1CC[C@H](c2nc(N3CCC(OCc4c(-c5c(Cl)cccc5Cl)noc4C4CC4)CC3)no2)C1. The van der Waals surface area contributed by atoms with E-state index in [-0.39, 0.29) is 23.9 Å². The Morgan fingerprint density at radius 2 is 1.76 bits per heavy atom. The van der Waals surface area contributed by atoms with Crippen LogP contribution in [0.3, 0.4) is 0 Å². The molecule has 202 valence electrons. The summed E-state index contributed by atoms with van der Waals surface area (Å²) >= 11 is 13.0. The Balaban J connectivity index is 1.07. The van der Waals surface area contributed by atoms with Gasteiger partial charge in [0.2, 0.25) is 5.89 Å². The van der Waals surface area contributed by atoms with Crippen LogP contribution in [0.25, 0.3) is 11.3 Å². The molecule has 0 N–H and O–H groups in total. The van der Waals surface area contributed by atoms with Gasteiger partial charge in [-0.15, -0.1) is 0 Å². The minimum Gasteiger partial charge on any atom is -0.469 e. The highest BCUT2D eigenvalue weighted by molar-refractivity contribution is 6.39. The first-order chi connectivity index (χ1) is 18.5. The monoisotopic (exact) mass is 560 g/mol. The molecular weight excluding hydrogens is 531 g/mol. The molecule has 1 aliphatic heterocycles. The number of piperidine rings is 1. The summed E-state index contributed by atoms with van der Waals surface area (Å²) in [7, 11) is 1.43. The van der Waals surface area contributed by atoms with Crippen molar-refractivity contribution in [3.63, 3.8) is 0 Å². The van der Waals surface area contributed by atoms with Crippen LogP contribution >= 0.6 is 23.2 Å². The molecule has 3 fully saturated rings. The fourth-order valence-corrected chi connectivity index (χ4v) is 6.16. The third-order valence-corrected chi connectivity index (χ3v) is 8.53. The summed E-state index contributed by atoms with van der Waals surface area (Å²) in [5, 5.41) is 9.66. The van der Waals surface area contributed by atoms with Crippen molar-refractivity contribution in [2.45, 2.75) is 69.5 Å². The second kappa shape index (κ2) is 10.9. The summed E-state index contributed by atoms with van der Waals surface area (Å²) in [5.74, 6) is 2.33. The van der Waals surface area contributed by atoms with Gasteiger partial charge in [-0.05, 0) is 62.2 Å². The molecule has 6 rings (SSSR count). The Bertz CT molecular complexity index is 1280. The minimum atomic E-state index is -0.160. The molecule has 0 bridgehead atoms. The zero-order chi connectivity index (χ0) is 26.2. The third-order valence-electron chi connectivity index (χ3n) is 7.90. The lowest BCUT2D eigenvalue weighted by Gasteiger charge is -2.30. The summed E-state index contributed by atoms with van der Waals surface area (Å²) in [4.78, 5) is 18.6. The van der Waals surface area contributed by atoms with E-state index in [1.54, 1.807) is 0 Å². The van der Waals surface area contributed by atoms with E-state index < -0.39 is 0 Å². The zero-order valence-corrected chi connectivity index (χ0v) is 22.7. The number of aromatic nitrogens is 3. The summed E-state index contributed by atoms with van der Waals surface area (Å²) in [6.45, 7) is 1.93. The quantitative estimate of drug-likeness (QED) is 0.300. The molecule has 3 aliphatic rings. The molecule has 0 amide bonds. The van der Waals surface area contributed by atoms with E-state index in [4.69, 9.17) is 41.7 Å². The second-order valence-corrected chi connectivity index (χ2v) is 11.2. The number of hydrogen-bond donors (Lipinski definition) is 0. The Hall–Kier alpha value is -2.62. The van der Waals surface area contributed by atoms with Gasteiger partial charge < -0.3 is 23.4 Å². The molecule has 1 aromatic carbocycles. The van der Waals surface area contributed by atoms with Crippen LogP contribution in [0.1, 0.15) is 74.0 Å². The number of methoxy groups -OCH3 is 1. The number of halogens is 2. The molecule has 1 saturated heterocycles. The molecule has 2 aliphatic carbocycles. The highest BCUT2D eigenvalue weighted by atomic mass is 35.5. The molecule has 38 heavy (non-hydrogen) atoms. The van der Waals surface area contributed by atoms with Crippen LogP contribution in [0.5, 0.6) is 0 Å². The summed E-state index contributed by atoms with van der Waals surface area (Å²) in [5.41, 5.74) is 2.29. The number of esters is 1. The van der Waals surface area contributed by atoms with Gasteiger partial charge in [-0.3, -0.25) is 4.79 Å². The van der Waals surface area contributed by atoms with Gasteiger partial charge in [-0.25, -0.2) is 0 Å². The maximum absolute atomic E-state index is 11.8. The van der Waals surface area contributed by atoms with Gasteiger partial charge in [0.25, 0.3) is 5.95 Å². The topological polar surface area (TPSA) is 104 Å². The first kappa shape index (κ1) is 25.6. The number of anilines is 1. The highest BCUT2D eigenvalue weighted by Gasteiger charge is 2.36. The summed E-state index contributed by atoms with van der Waals surface area (Å²) in [6, 6.07) is 5.43. The molecule has 3 aromatic rings. The van der Waals surface area contributed by atoms with Gasteiger partial charge in [0.1, 0.15) is 11.5 Å². The first-order valence-electron chi connectivity index (χ1n) is 13.2. The van der Waals surface area contributed by atoms with Crippen molar-refractivity contribution in [1.82, 2.24) is 15.3 Å². The molecule has 0 unspecified atom stereocenters. The molecule has 2 aromatic heterocycles. The highest BCUT2D eigenvalue weighted by Crippen LogP contribution is 2.46. The van der Waals surface area contributed by atoms with Crippen LogP contribution in [-0.2, 0) is 20.9 Å². The number of nitrogens with zero attached hydrogens (tertiary/aromatic N) is 4. The van der Waals surface area contributed by atoms with Crippen molar-refractivity contribution >= 4 is 35.1 Å². The van der Waals surface area contributed by atoms with Crippen LogP contribution in [0.15, 0.2) is 27.2 Å². The van der Waals surface area contributed by atoms with E-state index >= 15 is 0 Å². The fourth-order valence-electron chi connectivity index (χ4n) is 5.58. The minimum absolute atomic E-state index is 0.0878. The van der Waals surface area contributed by atoms with Gasteiger partial charge in [0.15, 0.2) is 0 Å². The van der Waals surface area contributed by atoms with Crippen molar-refractivity contribution in [2.24, 2.45) is 5.92 Å². The lowest BCUT2D eigenvalue weighted by Crippen LogP contribution is -2.37. The van der Waals surface area contributed by atoms with Gasteiger partial charge in [-0.1, -0.05) is 34.4 Å². The normalized spacial score (nSPS) is 22.2. The van der Waals surface area contributed by atoms with Crippen LogP contribution in [0, 0.1) is 5.92 Å². The lowest BCUT2D eigenvalue weighted by molar-refractivity contribution is -0.145. The van der Waals surface area contributed by atoms with E-state index in [1.807, 2.05) is 18.2 Å². The molecule has 2 atom stereocenters. The standard InChI is InChI=1S/C27H30Cl2N4O5/c1-35-26(34)17-8-7-16(13-17)25-30-27(32-38-25)33-11-9-18(10-12-33)36-14-19-23(31-37-24(19)15-5-6-15)22-20(28)3-2-4-21(22)29/h2-4,15-18H,5-14H2,1H3/t16-,17+/m0/s1. The van der Waals surface area contributed by atoms with Gasteiger partial charge >= 0.3 is 5.97 Å². The predicted octanol–water partition coefficient (Wildman–Crippen LogP) is 6.15. The van der Waals surface area contributed by atoms with Crippen molar-refractivity contribution in [2.75, 3.05) is 25.1 Å². The molecule has 0 radical (unpaired) electrons. The molecular formula is C27H30Cl2N4O5. The second-order valence-electron chi connectivity index (χ2n) is 10.4. The number of carbonyl (C=O) groups excluding carboxylic acids is 1. The average molecular weight is 561 g/mol. The summed E-state index contributed by atoms with van der Waals surface area (Å²) in [6.07, 6.45) is 6.28. The van der Waals surface area contributed by atoms with E-state index in [0.29, 0.717) is 52.1 Å². The van der Waals surface area contributed by atoms with Crippen molar-refractivity contribution < 1.29 is 23.3 Å². The van der Waals surface area contributed by atoms with Gasteiger partial charge in [0.05, 0.1) is 35.8 Å². The van der Waals surface area contributed by atoms with Crippen LogP contribution < -0.4 is 4.90 Å². The molecule has 11 heteroatoms. The number of hydrogen-bond acceptors (Lipinski definition) is 9. The number of benzene rings is 1. The maximum Gasteiger partial charge on any atom is 0.308 e. The number of carbonyl (C=O) groups is 1. The Morgan fingerprint density at radius 1 is 1.03 bits per heavy atom. The molecule has 9 nitrogen and oxygen atoms in total. The van der Waals surface area contributed by atoms with Gasteiger partial charge in [0, 0.05) is 36.1 Å². The smallest absolute Gasteiger partial charge is 0.308 e. The Morgan fingerprint density at radius 3 is 2.47 bits per heavy atom. The third kappa shape index (κ3) is 5.16. The van der Waals surface area contributed by atoms with E-state index in [1.165, 1.54) is 7.11 Å². The average Bonchev–Trinajstić information content (AvgIpc) is 3.31. The van der Waals surface area contributed by atoms with Crippen molar-refractivity contribution in [3.8, 4) is 11.3 Å². The predicted molar refractivity (Wildman–Crippen MR) is 140 cm³/mol. The van der Waals surface area contributed by atoms with Gasteiger partial charge in [-0.2, -0.15) is 4.98 Å². The van der Waals surface area contributed by atoms with Crippen molar-refractivity contribution in [1.29, 1.82) is 0 Å². The number of rotatable bonds is 8. The Kier molecular flexibility index (Phi) is 7.33. The van der Waals surface area contributed by atoms with E-state index in [0.717, 1.165) is 62.9 Å². The molecule has 2 saturated carbocycles. The van der Waals surface area contributed by atoms with Crippen LogP contribution in [0.2, 0.25) is 10.0 Å². The van der Waals surface area contributed by atoms with Crippen molar-refractivity contribution in [3.05, 3.63) is 45.5 Å². The summed E-state index contributed by atoms with van der Waals surface area (Å²) < 4.78 is 22.6. The zero-order valence-electron chi connectivity index (χ0n) is 21.2. The fraction of sp³-hybridized carbons (Fsp3) is 0.556. The number of ether oxygens (including phenoxy) is 2. The Labute approximate surface area is 230 Å². The van der Waals surface area contributed by atoms with Crippen LogP contribution in [-0.4, -0.2) is 47.6 Å². The largest absolute Gasteiger partial charge is 0.469 e. The molecule has 3 heterocycles. The molecule has 0 spiro atoms. The first-order valence-corrected chi connectivity index (χ1v) is 14.0. The van der Waals surface area contributed by atoms with Crippen LogP contribution in [0.4, 0.5) is 5.95 Å². The van der Waals surface area contributed by atoms with E-state index in [9.17, 15) is 4.79 Å². The maximum atomic E-state index is 11.8.